The van der Waals surface area contributed by atoms with Crippen LogP contribution in [0, 0.1) is 0 Å². The van der Waals surface area contributed by atoms with E-state index < -0.39 is 0 Å². The van der Waals surface area contributed by atoms with E-state index in [4.69, 9.17) is 0 Å². The molecule has 2 rings (SSSR count). The molecule has 0 aromatic heterocycles. The first-order chi connectivity index (χ1) is 6.70. The first-order valence-corrected chi connectivity index (χ1v) is 5.00. The zero-order valence-electron chi connectivity index (χ0n) is 8.60. The maximum Gasteiger partial charge on any atom is 0.223 e. The van der Waals surface area contributed by atoms with Gasteiger partial charge < -0.3 is 4.90 Å². The van der Waals surface area contributed by atoms with Crippen LogP contribution >= 0.6 is 0 Å². The van der Waals surface area contributed by atoms with E-state index in [-0.39, 0.29) is 5.91 Å². The van der Waals surface area contributed by atoms with Crippen LogP contribution in [0.25, 0.3) is 0 Å². The monoisotopic (exact) mass is 189 g/mol. The molecule has 1 fully saturated rings. The van der Waals surface area contributed by atoms with E-state index in [0.717, 1.165) is 0 Å². The quantitative estimate of drug-likeness (QED) is 0.662. The zero-order chi connectivity index (χ0) is 10.1. The lowest BCUT2D eigenvalue weighted by atomic mass is 9.93. The molecule has 2 nitrogen and oxygen atoms in total. The smallest absolute Gasteiger partial charge is 0.223 e. The highest BCUT2D eigenvalue weighted by molar-refractivity contribution is 5.80. The van der Waals surface area contributed by atoms with E-state index in [1.807, 2.05) is 30.1 Å². The van der Waals surface area contributed by atoms with Crippen LogP contribution in [0.2, 0.25) is 0 Å². The standard InChI is InChI=1S/C12H15NO/c1-9-11(8-12(14)13(9)2)10-6-4-3-5-7-10/h3-7,9,11H,8H2,1-2H3/t9-,11-/m1/s1. The summed E-state index contributed by atoms with van der Waals surface area (Å²) in [5.74, 6) is 0.625. The number of likely N-dealkylation sites (tertiary alicyclic amines) is 1. The number of nitrogens with zero attached hydrogens (tertiary/aromatic N) is 1. The van der Waals surface area contributed by atoms with Gasteiger partial charge in [0.1, 0.15) is 0 Å². The predicted octanol–water partition coefficient (Wildman–Crippen LogP) is 2.02. The second-order valence-corrected chi connectivity index (χ2v) is 3.97. The number of hydrogen-bond acceptors (Lipinski definition) is 1. The fraction of sp³-hybridized carbons (Fsp3) is 0.417. The van der Waals surface area contributed by atoms with Crippen molar-refractivity contribution < 1.29 is 4.79 Å². The van der Waals surface area contributed by atoms with Crippen LogP contribution in [-0.2, 0) is 4.79 Å². The summed E-state index contributed by atoms with van der Waals surface area (Å²) in [5, 5.41) is 0. The molecule has 14 heavy (non-hydrogen) atoms. The van der Waals surface area contributed by atoms with Crippen LogP contribution in [0.4, 0.5) is 0 Å². The molecule has 1 aliphatic rings. The van der Waals surface area contributed by atoms with Crippen molar-refractivity contribution in [1.29, 1.82) is 0 Å². The Hall–Kier alpha value is -1.31. The lowest BCUT2D eigenvalue weighted by Crippen LogP contribution is -2.27. The molecule has 0 saturated carbocycles. The number of benzene rings is 1. The Labute approximate surface area is 84.5 Å². The molecule has 0 unspecified atom stereocenters. The molecule has 0 aliphatic carbocycles. The summed E-state index contributed by atoms with van der Waals surface area (Å²) in [4.78, 5) is 13.3. The van der Waals surface area contributed by atoms with Crippen LogP contribution in [0.15, 0.2) is 30.3 Å². The molecule has 1 aliphatic heterocycles. The highest BCUT2D eigenvalue weighted by atomic mass is 16.2. The van der Waals surface area contributed by atoms with E-state index in [0.29, 0.717) is 18.4 Å². The number of rotatable bonds is 1. The molecule has 1 amide bonds. The van der Waals surface area contributed by atoms with Gasteiger partial charge in [0, 0.05) is 25.4 Å². The van der Waals surface area contributed by atoms with Gasteiger partial charge in [-0.05, 0) is 12.5 Å². The normalized spacial score (nSPS) is 27.0. The van der Waals surface area contributed by atoms with Gasteiger partial charge in [0.2, 0.25) is 5.91 Å². The molecule has 1 saturated heterocycles. The third-order valence-corrected chi connectivity index (χ3v) is 3.21. The molecular formula is C12H15NO. The molecule has 1 heterocycles. The summed E-state index contributed by atoms with van der Waals surface area (Å²) < 4.78 is 0. The first kappa shape index (κ1) is 9.25. The van der Waals surface area contributed by atoms with Crippen LogP contribution < -0.4 is 0 Å². The molecule has 2 heteroatoms. The number of carbonyl (C=O) groups is 1. The average Bonchev–Trinajstić information content (AvgIpc) is 2.47. The van der Waals surface area contributed by atoms with Gasteiger partial charge in [0.05, 0.1) is 0 Å². The summed E-state index contributed by atoms with van der Waals surface area (Å²) in [6.07, 6.45) is 0.654. The molecule has 2 atom stereocenters. The lowest BCUT2D eigenvalue weighted by molar-refractivity contribution is -0.127. The Morgan fingerprint density at radius 2 is 1.93 bits per heavy atom. The second-order valence-electron chi connectivity index (χ2n) is 3.97. The molecule has 1 aromatic carbocycles. The summed E-state index contributed by atoms with van der Waals surface area (Å²) in [6, 6.07) is 10.6. The number of hydrogen-bond donors (Lipinski definition) is 0. The topological polar surface area (TPSA) is 20.3 Å². The van der Waals surface area contributed by atoms with Gasteiger partial charge in [-0.15, -0.1) is 0 Å². The van der Waals surface area contributed by atoms with Crippen molar-refractivity contribution in [2.45, 2.75) is 25.3 Å². The SMILES string of the molecule is C[C@@H]1[C@H](c2ccccc2)CC(=O)N1C. The summed E-state index contributed by atoms with van der Waals surface area (Å²) in [5.41, 5.74) is 1.28. The molecular weight excluding hydrogens is 174 g/mol. The fourth-order valence-electron chi connectivity index (χ4n) is 2.10. The van der Waals surface area contributed by atoms with Gasteiger partial charge in [-0.1, -0.05) is 30.3 Å². The molecule has 0 spiro atoms. The summed E-state index contributed by atoms with van der Waals surface area (Å²) in [6.45, 7) is 2.11. The van der Waals surface area contributed by atoms with Crippen LogP contribution in [0.3, 0.4) is 0 Å². The van der Waals surface area contributed by atoms with Crippen LogP contribution in [0.1, 0.15) is 24.8 Å². The van der Waals surface area contributed by atoms with Gasteiger partial charge in [-0.3, -0.25) is 4.79 Å². The van der Waals surface area contributed by atoms with Crippen LogP contribution in [-0.4, -0.2) is 23.9 Å². The van der Waals surface area contributed by atoms with Gasteiger partial charge in [-0.25, -0.2) is 0 Å². The Balaban J connectivity index is 2.26. The van der Waals surface area contributed by atoms with E-state index in [1.54, 1.807) is 0 Å². The van der Waals surface area contributed by atoms with Crippen molar-refractivity contribution in [3.05, 3.63) is 35.9 Å². The minimum atomic E-state index is 0.256. The van der Waals surface area contributed by atoms with Crippen molar-refractivity contribution in [3.63, 3.8) is 0 Å². The third-order valence-electron chi connectivity index (χ3n) is 3.21. The minimum absolute atomic E-state index is 0.256. The Morgan fingerprint density at radius 3 is 2.43 bits per heavy atom. The van der Waals surface area contributed by atoms with Crippen molar-refractivity contribution >= 4 is 5.91 Å². The largest absolute Gasteiger partial charge is 0.342 e. The van der Waals surface area contributed by atoms with Gasteiger partial charge in [-0.2, -0.15) is 0 Å². The minimum Gasteiger partial charge on any atom is -0.342 e. The number of amides is 1. The Morgan fingerprint density at radius 1 is 1.29 bits per heavy atom. The average molecular weight is 189 g/mol. The first-order valence-electron chi connectivity index (χ1n) is 5.00. The van der Waals surface area contributed by atoms with Crippen LogP contribution in [0.5, 0.6) is 0 Å². The van der Waals surface area contributed by atoms with Gasteiger partial charge in [0.25, 0.3) is 0 Å². The summed E-state index contributed by atoms with van der Waals surface area (Å²) in [7, 11) is 1.88. The van der Waals surface area contributed by atoms with E-state index in [2.05, 4.69) is 19.1 Å². The molecule has 74 valence electrons. The van der Waals surface area contributed by atoms with Crippen molar-refractivity contribution in [3.8, 4) is 0 Å². The van der Waals surface area contributed by atoms with Crippen molar-refractivity contribution in [2.24, 2.45) is 0 Å². The fourth-order valence-corrected chi connectivity index (χ4v) is 2.10. The molecule has 0 bridgehead atoms. The lowest BCUT2D eigenvalue weighted by Gasteiger charge is -2.20. The molecule has 1 aromatic rings. The zero-order valence-corrected chi connectivity index (χ0v) is 8.60. The van der Waals surface area contributed by atoms with E-state index in [9.17, 15) is 4.79 Å². The maximum absolute atomic E-state index is 11.5. The third kappa shape index (κ3) is 1.41. The maximum atomic E-state index is 11.5. The Bertz CT molecular complexity index is 333. The molecule has 0 radical (unpaired) electrons. The Kier molecular flexibility index (Phi) is 2.28. The highest BCUT2D eigenvalue weighted by Crippen LogP contribution is 2.32. The number of carbonyl (C=O) groups excluding carboxylic acids is 1. The van der Waals surface area contributed by atoms with Gasteiger partial charge >= 0.3 is 0 Å². The molecule has 0 N–H and O–H groups in total. The van der Waals surface area contributed by atoms with E-state index >= 15 is 0 Å². The van der Waals surface area contributed by atoms with Crippen molar-refractivity contribution in [2.75, 3.05) is 7.05 Å². The van der Waals surface area contributed by atoms with Gasteiger partial charge in [0.15, 0.2) is 0 Å². The highest BCUT2D eigenvalue weighted by Gasteiger charge is 2.34. The predicted molar refractivity (Wildman–Crippen MR) is 56.0 cm³/mol. The number of likely N-dealkylation sites (N-methyl/N-ethyl adjacent to an activating group) is 1. The van der Waals surface area contributed by atoms with E-state index in [1.165, 1.54) is 5.56 Å². The second kappa shape index (κ2) is 3.45. The summed E-state index contributed by atoms with van der Waals surface area (Å²) >= 11 is 0. The van der Waals surface area contributed by atoms with Crippen molar-refractivity contribution in [1.82, 2.24) is 4.90 Å².